The SMILES string of the molecule is Cc1cc(C)c(/C(=N/O)c2cc3cccc4ccc5cccc2c5c43)c(C)c1. The normalized spacial score (nSPS) is 12.5. The number of benzene rings is 5. The average molecular weight is 363 g/mol. The van der Waals surface area contributed by atoms with E-state index in [1.54, 1.807) is 0 Å². The molecule has 0 aliphatic rings. The third-order valence-corrected chi connectivity index (χ3v) is 5.78. The number of hydrogen-bond acceptors (Lipinski definition) is 2. The van der Waals surface area contributed by atoms with E-state index in [1.807, 2.05) is 0 Å². The molecule has 0 heterocycles. The van der Waals surface area contributed by atoms with E-state index in [0.29, 0.717) is 5.71 Å². The summed E-state index contributed by atoms with van der Waals surface area (Å²) in [6.45, 7) is 6.26. The second-order valence-electron chi connectivity index (χ2n) is 7.69. The van der Waals surface area contributed by atoms with E-state index in [9.17, 15) is 5.21 Å². The highest BCUT2D eigenvalue weighted by molar-refractivity contribution is 6.30. The van der Waals surface area contributed by atoms with Crippen molar-refractivity contribution in [3.8, 4) is 0 Å². The van der Waals surface area contributed by atoms with E-state index in [-0.39, 0.29) is 0 Å². The quantitative estimate of drug-likeness (QED) is 0.160. The van der Waals surface area contributed by atoms with Gasteiger partial charge in [-0.15, -0.1) is 0 Å². The Balaban J connectivity index is 1.93. The molecule has 0 spiro atoms. The van der Waals surface area contributed by atoms with E-state index in [0.717, 1.165) is 27.6 Å². The van der Waals surface area contributed by atoms with Crippen molar-refractivity contribution in [1.82, 2.24) is 0 Å². The highest BCUT2D eigenvalue weighted by Gasteiger charge is 2.19. The Bertz CT molecular complexity index is 1370. The second-order valence-corrected chi connectivity index (χ2v) is 7.69. The van der Waals surface area contributed by atoms with Gasteiger partial charge in [-0.1, -0.05) is 71.4 Å². The number of rotatable bonds is 2. The zero-order valence-electron chi connectivity index (χ0n) is 16.2. The summed E-state index contributed by atoms with van der Waals surface area (Å²) in [6.07, 6.45) is 0. The lowest BCUT2D eigenvalue weighted by molar-refractivity contribution is 0.319. The summed E-state index contributed by atoms with van der Waals surface area (Å²) in [7, 11) is 0. The van der Waals surface area contributed by atoms with Gasteiger partial charge in [-0.3, -0.25) is 0 Å². The Morgan fingerprint density at radius 1 is 0.714 bits per heavy atom. The van der Waals surface area contributed by atoms with Crippen LogP contribution in [-0.4, -0.2) is 10.9 Å². The summed E-state index contributed by atoms with van der Waals surface area (Å²) < 4.78 is 0. The van der Waals surface area contributed by atoms with Crippen LogP contribution >= 0.6 is 0 Å². The predicted octanol–water partition coefficient (Wildman–Crippen LogP) is 6.74. The van der Waals surface area contributed by atoms with E-state index in [4.69, 9.17) is 0 Å². The minimum atomic E-state index is 0.633. The molecule has 5 aromatic rings. The second kappa shape index (κ2) is 6.07. The first-order valence-corrected chi connectivity index (χ1v) is 9.55. The largest absolute Gasteiger partial charge is 0.410 e. The van der Waals surface area contributed by atoms with Crippen molar-refractivity contribution < 1.29 is 5.21 Å². The third kappa shape index (κ3) is 2.31. The van der Waals surface area contributed by atoms with Crippen molar-refractivity contribution in [2.45, 2.75) is 20.8 Å². The summed E-state index contributed by atoms with van der Waals surface area (Å²) in [5, 5.41) is 21.1. The molecule has 0 atom stereocenters. The molecule has 1 N–H and O–H groups in total. The maximum Gasteiger partial charge on any atom is 0.118 e. The van der Waals surface area contributed by atoms with Gasteiger partial charge in [0.15, 0.2) is 0 Å². The summed E-state index contributed by atoms with van der Waals surface area (Å²) in [4.78, 5) is 0. The Morgan fingerprint density at radius 3 is 2.00 bits per heavy atom. The van der Waals surface area contributed by atoms with Crippen molar-refractivity contribution in [3.05, 3.63) is 94.5 Å². The topological polar surface area (TPSA) is 32.6 Å². The first kappa shape index (κ1) is 16.8. The van der Waals surface area contributed by atoms with Gasteiger partial charge in [-0.25, -0.2) is 0 Å². The number of nitrogens with zero attached hydrogens (tertiary/aromatic N) is 1. The van der Waals surface area contributed by atoms with Crippen LogP contribution in [-0.2, 0) is 0 Å². The van der Waals surface area contributed by atoms with E-state index < -0.39 is 0 Å². The lowest BCUT2D eigenvalue weighted by Crippen LogP contribution is -2.09. The fraction of sp³-hybridized carbons (Fsp3) is 0.115. The lowest BCUT2D eigenvalue weighted by Gasteiger charge is -2.18. The summed E-state index contributed by atoms with van der Waals surface area (Å²) >= 11 is 0. The molecule has 28 heavy (non-hydrogen) atoms. The number of aryl methyl sites for hydroxylation is 3. The van der Waals surface area contributed by atoms with Gasteiger partial charge in [0.25, 0.3) is 0 Å². The molecule has 5 aromatic carbocycles. The minimum Gasteiger partial charge on any atom is -0.410 e. The predicted molar refractivity (Wildman–Crippen MR) is 118 cm³/mol. The van der Waals surface area contributed by atoms with Gasteiger partial charge in [0, 0.05) is 11.1 Å². The van der Waals surface area contributed by atoms with E-state index >= 15 is 0 Å². The molecule has 0 radical (unpaired) electrons. The molecule has 0 unspecified atom stereocenters. The summed E-state index contributed by atoms with van der Waals surface area (Å²) in [5.74, 6) is 0. The fourth-order valence-corrected chi connectivity index (χ4v) is 4.75. The highest BCUT2D eigenvalue weighted by atomic mass is 16.4. The van der Waals surface area contributed by atoms with Gasteiger partial charge in [-0.05, 0) is 70.3 Å². The maximum absolute atomic E-state index is 10.1. The van der Waals surface area contributed by atoms with Crippen molar-refractivity contribution in [3.63, 3.8) is 0 Å². The number of hydrogen-bond donors (Lipinski definition) is 1. The Morgan fingerprint density at radius 2 is 1.32 bits per heavy atom. The Hall–Kier alpha value is -3.39. The Kier molecular flexibility index (Phi) is 3.63. The standard InChI is InChI=1S/C26H21NO/c1-15-12-16(2)23(17(3)13-15)26(27-28)22-14-20-8-4-6-18-10-11-19-7-5-9-21(22)25(19)24(18)20/h4-14,28H,1-3H3/b27-26+. The molecule has 0 aliphatic heterocycles. The summed E-state index contributed by atoms with van der Waals surface area (Å²) in [6, 6.07) is 23.6. The van der Waals surface area contributed by atoms with Crippen LogP contribution in [0.4, 0.5) is 0 Å². The molecule has 2 nitrogen and oxygen atoms in total. The highest BCUT2D eigenvalue weighted by Crippen LogP contribution is 2.37. The molecule has 0 aliphatic carbocycles. The smallest absolute Gasteiger partial charge is 0.118 e. The van der Waals surface area contributed by atoms with Gasteiger partial charge in [0.1, 0.15) is 5.71 Å². The minimum absolute atomic E-state index is 0.633. The van der Waals surface area contributed by atoms with Gasteiger partial charge in [0.2, 0.25) is 0 Å². The van der Waals surface area contributed by atoms with Crippen LogP contribution in [0, 0.1) is 20.8 Å². The van der Waals surface area contributed by atoms with Gasteiger partial charge in [-0.2, -0.15) is 0 Å². The van der Waals surface area contributed by atoms with Crippen LogP contribution in [0.25, 0.3) is 32.3 Å². The van der Waals surface area contributed by atoms with Crippen molar-refractivity contribution in [2.24, 2.45) is 5.16 Å². The summed E-state index contributed by atoms with van der Waals surface area (Å²) in [5.41, 5.74) is 6.06. The fourth-order valence-electron chi connectivity index (χ4n) is 4.75. The van der Waals surface area contributed by atoms with Crippen molar-refractivity contribution in [2.75, 3.05) is 0 Å². The first-order valence-electron chi connectivity index (χ1n) is 9.55. The molecule has 136 valence electrons. The molecule has 2 heteroatoms. The first-order chi connectivity index (χ1) is 13.6. The van der Waals surface area contributed by atoms with E-state index in [2.05, 4.69) is 92.7 Å². The average Bonchev–Trinajstić information content (AvgIpc) is 2.68. The molecule has 0 bridgehead atoms. The molecular formula is C26H21NO. The zero-order valence-corrected chi connectivity index (χ0v) is 16.2. The van der Waals surface area contributed by atoms with Gasteiger partial charge < -0.3 is 5.21 Å². The van der Waals surface area contributed by atoms with Crippen molar-refractivity contribution in [1.29, 1.82) is 0 Å². The molecule has 0 aromatic heterocycles. The van der Waals surface area contributed by atoms with Crippen LogP contribution in [0.5, 0.6) is 0 Å². The zero-order chi connectivity index (χ0) is 19.4. The van der Waals surface area contributed by atoms with Crippen LogP contribution in [0.15, 0.2) is 71.9 Å². The molecule has 5 rings (SSSR count). The lowest BCUT2D eigenvalue weighted by atomic mass is 9.86. The number of oxime groups is 1. The molecular weight excluding hydrogens is 342 g/mol. The van der Waals surface area contributed by atoms with Gasteiger partial charge in [0.05, 0.1) is 0 Å². The Labute approximate surface area is 164 Å². The van der Waals surface area contributed by atoms with Gasteiger partial charge >= 0.3 is 0 Å². The van der Waals surface area contributed by atoms with E-state index in [1.165, 1.54) is 32.5 Å². The third-order valence-electron chi connectivity index (χ3n) is 5.78. The van der Waals surface area contributed by atoms with Crippen LogP contribution < -0.4 is 0 Å². The van der Waals surface area contributed by atoms with Crippen molar-refractivity contribution >= 4 is 38.0 Å². The van der Waals surface area contributed by atoms with Crippen LogP contribution in [0.1, 0.15) is 27.8 Å². The molecule has 0 fully saturated rings. The monoisotopic (exact) mass is 363 g/mol. The maximum atomic E-state index is 10.1. The molecule has 0 amide bonds. The molecule has 0 saturated carbocycles. The molecule has 0 saturated heterocycles. The van der Waals surface area contributed by atoms with Crippen LogP contribution in [0.3, 0.4) is 0 Å². The van der Waals surface area contributed by atoms with Crippen LogP contribution in [0.2, 0.25) is 0 Å².